The fourth-order valence-electron chi connectivity index (χ4n) is 3.42. The minimum absolute atomic E-state index is 0.164. The minimum atomic E-state index is -0.624. The summed E-state index contributed by atoms with van der Waals surface area (Å²) in [5.41, 5.74) is 0.797. The third-order valence-corrected chi connectivity index (χ3v) is 6.44. The molecular weight excluding hydrogens is 460 g/mol. The molecule has 3 heterocycles. The van der Waals surface area contributed by atoms with Gasteiger partial charge in [-0.05, 0) is 18.2 Å². The lowest BCUT2D eigenvalue weighted by Gasteiger charge is -2.33. The topological polar surface area (TPSA) is 80.2 Å². The van der Waals surface area contributed by atoms with Crippen molar-refractivity contribution in [3.05, 3.63) is 63.1 Å². The van der Waals surface area contributed by atoms with Crippen LogP contribution in [0.3, 0.4) is 0 Å². The van der Waals surface area contributed by atoms with E-state index in [2.05, 4.69) is 25.2 Å². The zero-order chi connectivity index (χ0) is 22.5. The number of amides is 1. The number of carbonyl (C=O) groups excluding carboxylic acids is 1. The maximum Gasteiger partial charge on any atom is 0.252 e. The van der Waals surface area contributed by atoms with Crippen molar-refractivity contribution in [3.63, 3.8) is 0 Å². The maximum absolute atomic E-state index is 13.1. The predicted molar refractivity (Wildman–Crippen MR) is 117 cm³/mol. The second-order valence-electron chi connectivity index (χ2n) is 7.08. The fraction of sp³-hybridized carbons (Fsp3) is 0.333. The average Bonchev–Trinajstić information content (AvgIpc) is 3.30. The number of rotatable bonds is 7. The highest BCUT2D eigenvalue weighted by atomic mass is 35.5. The molecule has 32 heavy (non-hydrogen) atoms. The monoisotopic (exact) mass is 479 g/mol. The van der Waals surface area contributed by atoms with Gasteiger partial charge in [-0.2, -0.15) is 0 Å². The van der Waals surface area contributed by atoms with E-state index >= 15 is 0 Å². The van der Waals surface area contributed by atoms with Gasteiger partial charge >= 0.3 is 0 Å². The summed E-state index contributed by atoms with van der Waals surface area (Å²) in [5, 5.41) is 3.60. The van der Waals surface area contributed by atoms with Gasteiger partial charge in [0.25, 0.3) is 5.91 Å². The predicted octanol–water partition coefficient (Wildman–Crippen LogP) is 3.67. The van der Waals surface area contributed by atoms with Crippen LogP contribution in [0.4, 0.5) is 8.78 Å². The van der Waals surface area contributed by atoms with Crippen LogP contribution in [-0.4, -0.2) is 58.6 Å². The number of benzene rings is 1. The van der Waals surface area contributed by atoms with Gasteiger partial charge in [0.2, 0.25) is 0 Å². The van der Waals surface area contributed by atoms with Crippen molar-refractivity contribution in [2.24, 2.45) is 0 Å². The standard InChI is InChI=1S/C21H20ClF2N5O2S/c22-16-2-1-13(20-26-9-14(24)10-27-20)7-15(16)21(30)28-11-17(29-3-5-31-6-4-29)18-12-25-19(8-23)32-18/h1-2,7,9-10,12,17H,3-6,8,11H2,(H,28,30). The summed E-state index contributed by atoms with van der Waals surface area (Å²) in [7, 11) is 0. The lowest BCUT2D eigenvalue weighted by Crippen LogP contribution is -2.43. The Morgan fingerprint density at radius 1 is 1.22 bits per heavy atom. The Labute approximate surface area is 192 Å². The lowest BCUT2D eigenvalue weighted by atomic mass is 10.1. The van der Waals surface area contributed by atoms with Crippen molar-refractivity contribution in [2.75, 3.05) is 32.8 Å². The molecule has 1 aliphatic rings. The van der Waals surface area contributed by atoms with Gasteiger partial charge in [0.15, 0.2) is 11.6 Å². The molecule has 1 saturated heterocycles. The number of nitrogens with zero attached hydrogens (tertiary/aromatic N) is 4. The van der Waals surface area contributed by atoms with Gasteiger partial charge in [0.05, 0.1) is 42.2 Å². The SMILES string of the molecule is O=C(NCC(c1cnc(CF)s1)N1CCOCC1)c1cc(-c2ncc(F)cn2)ccc1Cl. The molecule has 1 N–H and O–H groups in total. The van der Waals surface area contributed by atoms with E-state index in [0.717, 1.165) is 17.3 Å². The molecule has 4 rings (SSSR count). The second-order valence-corrected chi connectivity index (χ2v) is 8.64. The molecule has 1 aromatic carbocycles. The van der Waals surface area contributed by atoms with E-state index < -0.39 is 12.5 Å². The largest absolute Gasteiger partial charge is 0.379 e. The first-order chi connectivity index (χ1) is 15.5. The van der Waals surface area contributed by atoms with E-state index in [1.807, 2.05) is 0 Å². The Hall–Kier alpha value is -2.53. The fourth-order valence-corrected chi connectivity index (χ4v) is 4.53. The number of carbonyl (C=O) groups is 1. The van der Waals surface area contributed by atoms with E-state index in [9.17, 15) is 13.6 Å². The Bertz CT molecular complexity index is 1080. The number of morpholine rings is 1. The molecule has 1 fully saturated rings. The van der Waals surface area contributed by atoms with E-state index in [1.165, 1.54) is 11.3 Å². The smallest absolute Gasteiger partial charge is 0.252 e. The lowest BCUT2D eigenvalue weighted by molar-refractivity contribution is 0.0169. The quantitative estimate of drug-likeness (QED) is 0.557. The minimum Gasteiger partial charge on any atom is -0.379 e. The van der Waals surface area contributed by atoms with Crippen molar-refractivity contribution in [1.29, 1.82) is 0 Å². The van der Waals surface area contributed by atoms with Gasteiger partial charge < -0.3 is 10.1 Å². The first-order valence-electron chi connectivity index (χ1n) is 9.93. The summed E-state index contributed by atoms with van der Waals surface area (Å²) in [4.78, 5) is 28.0. The molecule has 1 unspecified atom stereocenters. The van der Waals surface area contributed by atoms with Gasteiger partial charge in [-0.15, -0.1) is 11.3 Å². The number of hydrogen-bond donors (Lipinski definition) is 1. The van der Waals surface area contributed by atoms with Gasteiger partial charge in [-0.25, -0.2) is 23.7 Å². The summed E-state index contributed by atoms with van der Waals surface area (Å²) in [5.74, 6) is -0.631. The molecule has 0 bridgehead atoms. The first kappa shape index (κ1) is 22.7. The molecule has 2 aromatic heterocycles. The van der Waals surface area contributed by atoms with Crippen LogP contribution in [0.15, 0.2) is 36.8 Å². The highest BCUT2D eigenvalue weighted by molar-refractivity contribution is 7.11. The van der Waals surface area contributed by atoms with Gasteiger partial charge in [0.1, 0.15) is 11.7 Å². The number of nitrogens with one attached hydrogen (secondary N) is 1. The van der Waals surface area contributed by atoms with Crippen LogP contribution in [0.2, 0.25) is 5.02 Å². The van der Waals surface area contributed by atoms with Crippen molar-refractivity contribution < 1.29 is 18.3 Å². The third-order valence-electron chi connectivity index (χ3n) is 5.05. The molecule has 1 aliphatic heterocycles. The van der Waals surface area contributed by atoms with Crippen LogP contribution in [0.5, 0.6) is 0 Å². The van der Waals surface area contributed by atoms with Crippen LogP contribution < -0.4 is 5.32 Å². The molecule has 0 spiro atoms. The Kier molecular flexibility index (Phi) is 7.36. The average molecular weight is 480 g/mol. The van der Waals surface area contributed by atoms with E-state index in [-0.39, 0.29) is 28.4 Å². The summed E-state index contributed by atoms with van der Waals surface area (Å²) >= 11 is 7.56. The van der Waals surface area contributed by atoms with E-state index in [1.54, 1.807) is 24.4 Å². The molecule has 0 radical (unpaired) electrons. The number of alkyl halides is 1. The van der Waals surface area contributed by atoms with Crippen molar-refractivity contribution >= 4 is 28.8 Å². The molecule has 11 heteroatoms. The van der Waals surface area contributed by atoms with Crippen LogP contribution in [-0.2, 0) is 11.4 Å². The number of ether oxygens (including phenoxy) is 1. The zero-order valence-corrected chi connectivity index (χ0v) is 18.5. The Morgan fingerprint density at radius 2 is 1.97 bits per heavy atom. The number of thiazole rings is 1. The molecule has 7 nitrogen and oxygen atoms in total. The Morgan fingerprint density at radius 3 is 2.66 bits per heavy atom. The zero-order valence-electron chi connectivity index (χ0n) is 16.9. The summed E-state index contributed by atoms with van der Waals surface area (Å²) in [6.45, 7) is 2.24. The summed E-state index contributed by atoms with van der Waals surface area (Å²) < 4.78 is 31.6. The third kappa shape index (κ3) is 5.26. The molecule has 0 saturated carbocycles. The van der Waals surface area contributed by atoms with Crippen molar-refractivity contribution in [3.8, 4) is 11.4 Å². The van der Waals surface area contributed by atoms with Gasteiger partial charge in [-0.3, -0.25) is 9.69 Å². The highest BCUT2D eigenvalue weighted by Crippen LogP contribution is 2.28. The van der Waals surface area contributed by atoms with Crippen molar-refractivity contribution in [2.45, 2.75) is 12.7 Å². The van der Waals surface area contributed by atoms with Gasteiger partial charge in [-0.1, -0.05) is 11.6 Å². The van der Waals surface area contributed by atoms with Gasteiger partial charge in [0, 0.05) is 36.3 Å². The molecule has 168 valence electrons. The number of aromatic nitrogens is 3. The molecule has 0 aliphatic carbocycles. The van der Waals surface area contributed by atoms with Crippen LogP contribution >= 0.6 is 22.9 Å². The molecule has 1 amide bonds. The summed E-state index contributed by atoms with van der Waals surface area (Å²) in [6, 6.07) is 4.65. The number of hydrogen-bond acceptors (Lipinski definition) is 7. The first-order valence-corrected chi connectivity index (χ1v) is 11.1. The molecular formula is C21H20ClF2N5O2S. The maximum atomic E-state index is 13.1. The molecule has 1 atom stereocenters. The van der Waals surface area contributed by atoms with E-state index in [0.29, 0.717) is 43.4 Å². The number of halogens is 3. The van der Waals surface area contributed by atoms with Crippen LogP contribution in [0.1, 0.15) is 26.3 Å². The Balaban J connectivity index is 1.52. The normalized spacial score (nSPS) is 15.5. The van der Waals surface area contributed by atoms with Crippen LogP contribution in [0.25, 0.3) is 11.4 Å². The van der Waals surface area contributed by atoms with Crippen molar-refractivity contribution in [1.82, 2.24) is 25.2 Å². The van der Waals surface area contributed by atoms with Crippen LogP contribution in [0, 0.1) is 5.82 Å². The summed E-state index contributed by atoms with van der Waals surface area (Å²) in [6.07, 6.45) is 3.78. The second kappa shape index (κ2) is 10.4. The van der Waals surface area contributed by atoms with E-state index in [4.69, 9.17) is 16.3 Å². The highest BCUT2D eigenvalue weighted by Gasteiger charge is 2.26. The molecule has 3 aromatic rings.